The monoisotopic (exact) mass is 212 g/mol. The standard InChI is InChI=1S/C11H16O4/c1-4-13-7-9(3)15-11(12)10-8(2)5-6-14-10/h5-6,9H,4,7H2,1-3H3/t9-/m1/s1. The van der Waals surface area contributed by atoms with Crippen LogP contribution in [0.4, 0.5) is 0 Å². The lowest BCUT2D eigenvalue weighted by Crippen LogP contribution is -2.20. The van der Waals surface area contributed by atoms with Crippen molar-refractivity contribution in [1.29, 1.82) is 0 Å². The molecule has 1 heterocycles. The molecular formula is C11H16O4. The predicted molar refractivity (Wildman–Crippen MR) is 54.8 cm³/mol. The van der Waals surface area contributed by atoms with Crippen molar-refractivity contribution >= 4 is 5.97 Å². The summed E-state index contributed by atoms with van der Waals surface area (Å²) in [4.78, 5) is 11.5. The van der Waals surface area contributed by atoms with Gasteiger partial charge in [0.05, 0.1) is 12.9 Å². The van der Waals surface area contributed by atoms with Gasteiger partial charge in [0, 0.05) is 12.2 Å². The molecule has 1 rings (SSSR count). The lowest BCUT2D eigenvalue weighted by molar-refractivity contribution is 0.00169. The van der Waals surface area contributed by atoms with E-state index in [9.17, 15) is 4.79 Å². The molecule has 0 saturated heterocycles. The summed E-state index contributed by atoms with van der Waals surface area (Å²) in [6.45, 7) is 6.49. The Kier molecular flexibility index (Phi) is 4.37. The number of aryl methyl sites for hydroxylation is 1. The summed E-state index contributed by atoms with van der Waals surface area (Å²) < 4.78 is 15.3. The smallest absolute Gasteiger partial charge is 0.374 e. The molecule has 0 unspecified atom stereocenters. The zero-order valence-corrected chi connectivity index (χ0v) is 9.28. The molecule has 0 fully saturated rings. The summed E-state index contributed by atoms with van der Waals surface area (Å²) in [5, 5.41) is 0. The van der Waals surface area contributed by atoms with Crippen LogP contribution in [0.5, 0.6) is 0 Å². The highest BCUT2D eigenvalue weighted by atomic mass is 16.6. The first-order valence-corrected chi connectivity index (χ1v) is 4.98. The molecule has 0 spiro atoms. The van der Waals surface area contributed by atoms with E-state index >= 15 is 0 Å². The number of carbonyl (C=O) groups excluding carboxylic acids is 1. The third-order valence-electron chi connectivity index (χ3n) is 1.91. The van der Waals surface area contributed by atoms with Gasteiger partial charge in [0.2, 0.25) is 5.76 Å². The van der Waals surface area contributed by atoms with Gasteiger partial charge in [-0.1, -0.05) is 0 Å². The van der Waals surface area contributed by atoms with Gasteiger partial charge in [-0.3, -0.25) is 0 Å². The maximum atomic E-state index is 11.5. The van der Waals surface area contributed by atoms with E-state index in [0.717, 1.165) is 5.56 Å². The topological polar surface area (TPSA) is 48.7 Å². The molecule has 0 radical (unpaired) electrons. The van der Waals surface area contributed by atoms with Crippen molar-refractivity contribution in [2.24, 2.45) is 0 Å². The number of esters is 1. The van der Waals surface area contributed by atoms with Crippen molar-refractivity contribution in [3.63, 3.8) is 0 Å². The summed E-state index contributed by atoms with van der Waals surface area (Å²) >= 11 is 0. The second-order valence-electron chi connectivity index (χ2n) is 3.31. The molecule has 0 aliphatic heterocycles. The van der Waals surface area contributed by atoms with Gasteiger partial charge in [-0.15, -0.1) is 0 Å². The Morgan fingerprint density at radius 3 is 2.87 bits per heavy atom. The van der Waals surface area contributed by atoms with Crippen molar-refractivity contribution in [3.05, 3.63) is 23.7 Å². The Bertz CT molecular complexity index is 316. The average Bonchev–Trinajstić information content (AvgIpc) is 2.61. The number of carbonyl (C=O) groups is 1. The molecule has 1 aromatic rings. The van der Waals surface area contributed by atoms with E-state index < -0.39 is 5.97 Å². The predicted octanol–water partition coefficient (Wildman–Crippen LogP) is 2.17. The van der Waals surface area contributed by atoms with Crippen molar-refractivity contribution in [3.8, 4) is 0 Å². The molecule has 0 amide bonds. The number of hydrogen-bond donors (Lipinski definition) is 0. The lowest BCUT2D eigenvalue weighted by atomic mass is 10.3. The Hall–Kier alpha value is -1.29. The molecule has 15 heavy (non-hydrogen) atoms. The zero-order valence-electron chi connectivity index (χ0n) is 9.28. The maximum Gasteiger partial charge on any atom is 0.374 e. The molecular weight excluding hydrogens is 196 g/mol. The van der Waals surface area contributed by atoms with E-state index in [1.807, 2.05) is 6.92 Å². The first-order valence-electron chi connectivity index (χ1n) is 4.98. The van der Waals surface area contributed by atoms with Gasteiger partial charge < -0.3 is 13.9 Å². The van der Waals surface area contributed by atoms with Crippen LogP contribution < -0.4 is 0 Å². The van der Waals surface area contributed by atoms with Crippen LogP contribution in [0.3, 0.4) is 0 Å². The van der Waals surface area contributed by atoms with E-state index in [4.69, 9.17) is 13.9 Å². The fourth-order valence-corrected chi connectivity index (χ4v) is 1.14. The van der Waals surface area contributed by atoms with Crippen LogP contribution in [0.25, 0.3) is 0 Å². The fourth-order valence-electron chi connectivity index (χ4n) is 1.14. The maximum absolute atomic E-state index is 11.5. The van der Waals surface area contributed by atoms with Crippen LogP contribution in [0.2, 0.25) is 0 Å². The van der Waals surface area contributed by atoms with E-state index in [1.165, 1.54) is 6.26 Å². The molecule has 0 aliphatic rings. The minimum atomic E-state index is -0.440. The summed E-state index contributed by atoms with van der Waals surface area (Å²) in [6.07, 6.45) is 1.21. The Labute approximate surface area is 89.2 Å². The minimum Gasteiger partial charge on any atom is -0.457 e. The van der Waals surface area contributed by atoms with E-state index in [0.29, 0.717) is 13.2 Å². The highest BCUT2D eigenvalue weighted by molar-refractivity contribution is 5.87. The fraction of sp³-hybridized carbons (Fsp3) is 0.545. The molecule has 0 aromatic carbocycles. The van der Waals surface area contributed by atoms with Gasteiger partial charge in [0.25, 0.3) is 0 Å². The minimum absolute atomic E-state index is 0.262. The molecule has 1 atom stereocenters. The Morgan fingerprint density at radius 1 is 1.60 bits per heavy atom. The highest BCUT2D eigenvalue weighted by Crippen LogP contribution is 2.11. The van der Waals surface area contributed by atoms with Crippen LogP contribution in [0, 0.1) is 6.92 Å². The molecule has 1 aromatic heterocycles. The Morgan fingerprint density at radius 2 is 2.33 bits per heavy atom. The normalized spacial score (nSPS) is 12.5. The van der Waals surface area contributed by atoms with Crippen LogP contribution >= 0.6 is 0 Å². The van der Waals surface area contributed by atoms with Gasteiger partial charge in [0.15, 0.2) is 0 Å². The third kappa shape index (κ3) is 3.40. The molecule has 4 nitrogen and oxygen atoms in total. The van der Waals surface area contributed by atoms with Crippen LogP contribution in [-0.4, -0.2) is 25.3 Å². The molecule has 0 N–H and O–H groups in total. The largest absolute Gasteiger partial charge is 0.457 e. The molecule has 0 aliphatic carbocycles. The van der Waals surface area contributed by atoms with Crippen LogP contribution in [0.1, 0.15) is 30.0 Å². The average molecular weight is 212 g/mol. The number of hydrogen-bond acceptors (Lipinski definition) is 4. The van der Waals surface area contributed by atoms with Gasteiger partial charge in [-0.05, 0) is 26.8 Å². The van der Waals surface area contributed by atoms with Crippen molar-refractivity contribution < 1.29 is 18.7 Å². The molecule has 4 heteroatoms. The SMILES string of the molecule is CCOC[C@@H](C)OC(=O)c1occc1C. The van der Waals surface area contributed by atoms with E-state index in [2.05, 4.69) is 0 Å². The second-order valence-corrected chi connectivity index (χ2v) is 3.31. The second kappa shape index (κ2) is 5.56. The number of furan rings is 1. The van der Waals surface area contributed by atoms with Crippen LogP contribution in [0.15, 0.2) is 16.7 Å². The van der Waals surface area contributed by atoms with E-state index in [1.54, 1.807) is 19.9 Å². The third-order valence-corrected chi connectivity index (χ3v) is 1.91. The first kappa shape index (κ1) is 11.8. The van der Waals surface area contributed by atoms with Gasteiger partial charge in [-0.25, -0.2) is 4.79 Å². The zero-order chi connectivity index (χ0) is 11.3. The lowest BCUT2D eigenvalue weighted by Gasteiger charge is -2.11. The Balaban J connectivity index is 2.46. The summed E-state index contributed by atoms with van der Waals surface area (Å²) in [5.74, 6) is -0.178. The van der Waals surface area contributed by atoms with Gasteiger partial charge >= 0.3 is 5.97 Å². The number of rotatable bonds is 5. The van der Waals surface area contributed by atoms with Gasteiger partial charge in [0.1, 0.15) is 6.10 Å². The van der Waals surface area contributed by atoms with Crippen molar-refractivity contribution in [1.82, 2.24) is 0 Å². The van der Waals surface area contributed by atoms with Crippen molar-refractivity contribution in [2.45, 2.75) is 26.9 Å². The summed E-state index contributed by atoms with van der Waals surface area (Å²) in [7, 11) is 0. The van der Waals surface area contributed by atoms with Crippen molar-refractivity contribution in [2.75, 3.05) is 13.2 Å². The highest BCUT2D eigenvalue weighted by Gasteiger charge is 2.17. The molecule has 0 saturated carbocycles. The summed E-state index contributed by atoms with van der Waals surface area (Å²) in [5.41, 5.74) is 0.781. The quantitative estimate of drug-likeness (QED) is 0.702. The molecule has 0 bridgehead atoms. The first-order chi connectivity index (χ1) is 7.15. The molecule has 84 valence electrons. The van der Waals surface area contributed by atoms with Gasteiger partial charge in [-0.2, -0.15) is 0 Å². The van der Waals surface area contributed by atoms with E-state index in [-0.39, 0.29) is 11.9 Å². The summed E-state index contributed by atoms with van der Waals surface area (Å²) in [6, 6.07) is 1.73. The van der Waals surface area contributed by atoms with Crippen LogP contribution in [-0.2, 0) is 9.47 Å². The number of ether oxygens (including phenoxy) is 2.